The van der Waals surface area contributed by atoms with Gasteiger partial charge in [0.1, 0.15) is 0 Å². The zero-order chi connectivity index (χ0) is 17.9. The molecule has 23 heavy (non-hydrogen) atoms. The van der Waals surface area contributed by atoms with Gasteiger partial charge in [-0.2, -0.15) is 13.2 Å². The van der Waals surface area contributed by atoms with Gasteiger partial charge in [-0.15, -0.1) is 0 Å². The number of hydrogen-bond donors (Lipinski definition) is 1. The van der Waals surface area contributed by atoms with Crippen molar-refractivity contribution in [3.8, 4) is 0 Å². The summed E-state index contributed by atoms with van der Waals surface area (Å²) in [6.07, 6.45) is -5.17. The highest BCUT2D eigenvalue weighted by Gasteiger charge is 2.50. The predicted molar refractivity (Wildman–Crippen MR) is 82.3 cm³/mol. The van der Waals surface area contributed by atoms with Crippen LogP contribution >= 0.6 is 0 Å². The number of sulfone groups is 1. The molecule has 0 aliphatic carbocycles. The number of hydrogen-bond acceptors (Lipinski definition) is 4. The molecule has 0 aliphatic heterocycles. The van der Waals surface area contributed by atoms with Crippen LogP contribution < -0.4 is 4.72 Å². The molecule has 1 aromatic rings. The standard InChI is InChI=1S/C13H18F3NO4S2/c1-10(2)8-22(18,19)12(13(14,15)16)9-23(20,21)17-11-6-4-3-5-7-11/h3-7,10,12,17H,8-9H2,1-2H3. The van der Waals surface area contributed by atoms with Gasteiger partial charge in [-0.25, -0.2) is 16.8 Å². The first-order valence-corrected chi connectivity index (χ1v) is 10.0. The number of anilines is 1. The van der Waals surface area contributed by atoms with Crippen LogP contribution in [0.2, 0.25) is 0 Å². The van der Waals surface area contributed by atoms with E-state index in [1.54, 1.807) is 6.07 Å². The SMILES string of the molecule is CC(C)CS(=O)(=O)C(CS(=O)(=O)Nc1ccccc1)C(F)(F)F. The first-order chi connectivity index (χ1) is 10.3. The van der Waals surface area contributed by atoms with E-state index in [9.17, 15) is 30.0 Å². The molecule has 0 heterocycles. The number of sulfonamides is 1. The molecule has 1 rings (SSSR count). The van der Waals surface area contributed by atoms with Gasteiger partial charge >= 0.3 is 6.18 Å². The summed E-state index contributed by atoms with van der Waals surface area (Å²) in [5, 5.41) is -2.96. The van der Waals surface area contributed by atoms with Crippen LogP contribution in [0.1, 0.15) is 13.8 Å². The van der Waals surface area contributed by atoms with Gasteiger partial charge < -0.3 is 0 Å². The van der Waals surface area contributed by atoms with Crippen LogP contribution in [-0.2, 0) is 19.9 Å². The summed E-state index contributed by atoms with van der Waals surface area (Å²) in [7, 11) is -9.13. The van der Waals surface area contributed by atoms with E-state index in [4.69, 9.17) is 0 Å². The molecule has 1 atom stereocenters. The van der Waals surface area contributed by atoms with Gasteiger partial charge in [0.2, 0.25) is 10.0 Å². The van der Waals surface area contributed by atoms with Crippen LogP contribution in [-0.4, -0.2) is 39.8 Å². The first-order valence-electron chi connectivity index (χ1n) is 6.67. The van der Waals surface area contributed by atoms with Crippen molar-refractivity contribution in [2.75, 3.05) is 16.2 Å². The lowest BCUT2D eigenvalue weighted by Crippen LogP contribution is -2.45. The van der Waals surface area contributed by atoms with Crippen molar-refractivity contribution in [1.82, 2.24) is 0 Å². The van der Waals surface area contributed by atoms with Gasteiger partial charge in [0.25, 0.3) is 0 Å². The molecule has 0 amide bonds. The molecule has 1 N–H and O–H groups in total. The van der Waals surface area contributed by atoms with Crippen LogP contribution in [0.15, 0.2) is 30.3 Å². The number of para-hydroxylation sites is 1. The lowest BCUT2D eigenvalue weighted by Gasteiger charge is -2.21. The summed E-state index contributed by atoms with van der Waals surface area (Å²) >= 11 is 0. The summed E-state index contributed by atoms with van der Waals surface area (Å²) in [6, 6.07) is 7.29. The Kier molecular flexibility index (Phi) is 6.08. The lowest BCUT2D eigenvalue weighted by molar-refractivity contribution is -0.126. The number of alkyl halides is 3. The summed E-state index contributed by atoms with van der Waals surface area (Å²) in [6.45, 7) is 2.89. The van der Waals surface area contributed by atoms with Gasteiger partial charge in [-0.1, -0.05) is 32.0 Å². The van der Waals surface area contributed by atoms with E-state index >= 15 is 0 Å². The Hall–Kier alpha value is -1.29. The molecule has 1 unspecified atom stereocenters. The second-order valence-electron chi connectivity index (χ2n) is 5.50. The van der Waals surface area contributed by atoms with Gasteiger partial charge in [-0.3, -0.25) is 4.72 Å². The van der Waals surface area contributed by atoms with Crippen molar-refractivity contribution >= 4 is 25.5 Å². The van der Waals surface area contributed by atoms with E-state index in [1.807, 2.05) is 4.72 Å². The second kappa shape index (κ2) is 7.08. The fourth-order valence-electron chi connectivity index (χ4n) is 1.91. The Morgan fingerprint density at radius 2 is 1.52 bits per heavy atom. The van der Waals surface area contributed by atoms with Crippen LogP contribution in [0.5, 0.6) is 0 Å². The molecule has 0 saturated carbocycles. The highest BCUT2D eigenvalue weighted by Crippen LogP contribution is 2.29. The van der Waals surface area contributed by atoms with Crippen molar-refractivity contribution in [3.63, 3.8) is 0 Å². The summed E-state index contributed by atoms with van der Waals surface area (Å²) < 4.78 is 88.8. The summed E-state index contributed by atoms with van der Waals surface area (Å²) in [5.74, 6) is -2.85. The molecule has 0 aliphatic rings. The monoisotopic (exact) mass is 373 g/mol. The third-order valence-corrected chi connectivity index (χ3v) is 6.74. The Labute approximate surface area is 133 Å². The maximum atomic E-state index is 13.1. The van der Waals surface area contributed by atoms with E-state index in [-0.39, 0.29) is 5.69 Å². The predicted octanol–water partition coefficient (Wildman–Crippen LogP) is 2.43. The summed E-state index contributed by atoms with van der Waals surface area (Å²) in [4.78, 5) is 0. The molecular formula is C13H18F3NO4S2. The average molecular weight is 373 g/mol. The van der Waals surface area contributed by atoms with E-state index in [2.05, 4.69) is 0 Å². The topological polar surface area (TPSA) is 80.3 Å². The molecule has 0 fully saturated rings. The maximum absolute atomic E-state index is 13.1. The fourth-order valence-corrected chi connectivity index (χ4v) is 6.01. The molecule has 132 valence electrons. The molecule has 0 spiro atoms. The van der Waals surface area contributed by atoms with Crippen molar-refractivity contribution < 1.29 is 30.0 Å². The van der Waals surface area contributed by atoms with Gasteiger partial charge in [0, 0.05) is 5.69 Å². The molecule has 10 heteroatoms. The van der Waals surface area contributed by atoms with Gasteiger partial charge in [0.15, 0.2) is 15.1 Å². The zero-order valence-electron chi connectivity index (χ0n) is 12.5. The van der Waals surface area contributed by atoms with E-state index < -0.39 is 48.7 Å². The van der Waals surface area contributed by atoms with Crippen LogP contribution in [0.25, 0.3) is 0 Å². The van der Waals surface area contributed by atoms with Crippen LogP contribution in [0.4, 0.5) is 18.9 Å². The number of benzene rings is 1. The minimum atomic E-state index is -5.17. The minimum Gasteiger partial charge on any atom is -0.284 e. The quantitative estimate of drug-likeness (QED) is 0.796. The normalized spacial score (nSPS) is 14.7. The highest BCUT2D eigenvalue weighted by atomic mass is 32.2. The largest absolute Gasteiger partial charge is 0.406 e. The number of nitrogens with one attached hydrogen (secondary N) is 1. The molecular weight excluding hydrogens is 355 g/mol. The molecule has 0 bridgehead atoms. The molecule has 1 aromatic carbocycles. The molecule has 0 radical (unpaired) electrons. The Balaban J connectivity index is 3.07. The van der Waals surface area contributed by atoms with E-state index in [0.717, 1.165) is 0 Å². The number of halogens is 3. The maximum Gasteiger partial charge on any atom is 0.406 e. The third-order valence-electron chi connectivity index (χ3n) is 2.78. The Bertz CT molecular complexity index is 713. The Morgan fingerprint density at radius 1 is 1.00 bits per heavy atom. The minimum absolute atomic E-state index is 0.0645. The van der Waals surface area contributed by atoms with Crippen molar-refractivity contribution in [1.29, 1.82) is 0 Å². The second-order valence-corrected chi connectivity index (χ2v) is 9.50. The van der Waals surface area contributed by atoms with Crippen LogP contribution in [0, 0.1) is 5.92 Å². The first kappa shape index (κ1) is 19.8. The fraction of sp³-hybridized carbons (Fsp3) is 0.538. The van der Waals surface area contributed by atoms with Crippen molar-refractivity contribution in [2.45, 2.75) is 25.3 Å². The zero-order valence-corrected chi connectivity index (χ0v) is 14.2. The average Bonchev–Trinajstić information content (AvgIpc) is 2.33. The van der Waals surface area contributed by atoms with E-state index in [1.165, 1.54) is 38.1 Å². The molecule has 5 nitrogen and oxygen atoms in total. The summed E-state index contributed by atoms with van der Waals surface area (Å²) in [5.41, 5.74) is 0.0645. The Morgan fingerprint density at radius 3 is 1.96 bits per heavy atom. The van der Waals surface area contributed by atoms with Crippen molar-refractivity contribution in [3.05, 3.63) is 30.3 Å². The number of rotatable bonds is 7. The lowest BCUT2D eigenvalue weighted by atomic mass is 10.3. The van der Waals surface area contributed by atoms with Gasteiger partial charge in [0.05, 0.1) is 11.5 Å². The van der Waals surface area contributed by atoms with Crippen LogP contribution in [0.3, 0.4) is 0 Å². The van der Waals surface area contributed by atoms with Crippen molar-refractivity contribution in [2.24, 2.45) is 5.92 Å². The molecule has 0 saturated heterocycles. The third kappa shape index (κ3) is 6.38. The highest BCUT2D eigenvalue weighted by molar-refractivity contribution is 7.96. The molecule has 0 aromatic heterocycles. The smallest absolute Gasteiger partial charge is 0.284 e. The van der Waals surface area contributed by atoms with Gasteiger partial charge in [-0.05, 0) is 18.1 Å². The van der Waals surface area contributed by atoms with E-state index in [0.29, 0.717) is 0 Å².